The van der Waals surface area contributed by atoms with Crippen LogP contribution < -0.4 is 4.90 Å². The second-order valence-corrected chi connectivity index (χ2v) is 10.3. The van der Waals surface area contributed by atoms with E-state index in [4.69, 9.17) is 9.84 Å². The number of benzene rings is 3. The van der Waals surface area contributed by atoms with Crippen LogP contribution in [0.1, 0.15) is 39.9 Å². The lowest BCUT2D eigenvalue weighted by molar-refractivity contribution is -0.138. The van der Waals surface area contributed by atoms with Crippen LogP contribution in [-0.2, 0) is 17.5 Å². The number of amides is 1. The smallest absolute Gasteiger partial charge is 0.416 e. The fraction of sp³-hybridized carbons (Fsp3) is 0.310. The van der Waals surface area contributed by atoms with Crippen molar-refractivity contribution in [2.45, 2.75) is 38.1 Å². The second kappa shape index (κ2) is 10.4. The Hall–Kier alpha value is -4.06. The summed E-state index contributed by atoms with van der Waals surface area (Å²) in [5.41, 5.74) is -1.65. The van der Waals surface area contributed by atoms with Crippen molar-refractivity contribution in [1.29, 1.82) is 0 Å². The number of carboxylic acids is 1. The number of carboxylic acid groups (broad SMARTS) is 1. The predicted octanol–water partition coefficient (Wildman–Crippen LogP) is 6.79. The molecule has 0 bridgehead atoms. The van der Waals surface area contributed by atoms with Gasteiger partial charge in [0.25, 0.3) is 0 Å². The fourth-order valence-electron chi connectivity index (χ4n) is 5.40. The van der Waals surface area contributed by atoms with Crippen molar-refractivity contribution in [2.24, 2.45) is 0 Å². The van der Waals surface area contributed by atoms with E-state index in [1.807, 2.05) is 4.90 Å². The van der Waals surface area contributed by atoms with Crippen molar-refractivity contribution in [3.63, 3.8) is 0 Å². The number of likely N-dealkylation sites (tertiary alicyclic amines) is 1. The summed E-state index contributed by atoms with van der Waals surface area (Å²) in [6.45, 7) is 2.04. The van der Waals surface area contributed by atoms with Crippen LogP contribution in [0.25, 0.3) is 11.1 Å². The minimum atomic E-state index is -4.68. The van der Waals surface area contributed by atoms with E-state index in [1.165, 1.54) is 36.1 Å². The third-order valence-electron chi connectivity index (χ3n) is 7.64. The Balaban J connectivity index is 1.37. The molecule has 0 radical (unpaired) electrons. The highest BCUT2D eigenvalue weighted by atomic mass is 19.4. The van der Waals surface area contributed by atoms with Crippen molar-refractivity contribution in [3.05, 3.63) is 88.2 Å². The quantitative estimate of drug-likeness (QED) is 0.267. The van der Waals surface area contributed by atoms with Crippen LogP contribution >= 0.6 is 0 Å². The van der Waals surface area contributed by atoms with Crippen LogP contribution in [0.15, 0.2) is 48.5 Å². The maximum absolute atomic E-state index is 14.7. The number of rotatable bonds is 5. The first kappa shape index (κ1) is 28.5. The molecule has 0 aromatic heterocycles. The molecule has 0 aliphatic carbocycles. The van der Waals surface area contributed by atoms with Gasteiger partial charge in [-0.05, 0) is 66.1 Å². The number of halogens is 6. The molecule has 2 aliphatic rings. The van der Waals surface area contributed by atoms with Crippen molar-refractivity contribution in [3.8, 4) is 11.1 Å². The van der Waals surface area contributed by atoms with Crippen LogP contribution in [0.4, 0.5) is 36.8 Å². The van der Waals surface area contributed by atoms with Gasteiger partial charge in [-0.3, -0.25) is 9.80 Å². The van der Waals surface area contributed by atoms with Gasteiger partial charge >= 0.3 is 18.2 Å². The first-order valence-electron chi connectivity index (χ1n) is 12.7. The summed E-state index contributed by atoms with van der Waals surface area (Å²) < 4.78 is 89.2. The van der Waals surface area contributed by atoms with Gasteiger partial charge in [0, 0.05) is 43.7 Å². The number of hydrogen-bond acceptors (Lipinski definition) is 4. The zero-order chi connectivity index (χ0) is 29.7. The lowest BCUT2D eigenvalue weighted by Crippen LogP contribution is -2.46. The van der Waals surface area contributed by atoms with Crippen molar-refractivity contribution < 1.29 is 45.8 Å². The minimum absolute atomic E-state index is 0.0236. The Morgan fingerprint density at radius 2 is 1.63 bits per heavy atom. The molecule has 1 N–H and O–H groups in total. The summed E-state index contributed by atoms with van der Waals surface area (Å²) in [4.78, 5) is 27.0. The summed E-state index contributed by atoms with van der Waals surface area (Å²) in [7, 11) is 0. The van der Waals surface area contributed by atoms with E-state index in [0.29, 0.717) is 31.6 Å². The molecule has 3 aromatic carbocycles. The van der Waals surface area contributed by atoms with Gasteiger partial charge in [-0.15, -0.1) is 0 Å². The van der Waals surface area contributed by atoms with E-state index < -0.39 is 46.9 Å². The first-order chi connectivity index (χ1) is 19.3. The van der Waals surface area contributed by atoms with Gasteiger partial charge in [-0.25, -0.2) is 22.8 Å². The molecule has 1 amide bonds. The Kier molecular flexibility index (Phi) is 7.22. The molecule has 1 spiro atoms. The number of carbonyl (C=O) groups is 2. The van der Waals surface area contributed by atoms with Crippen molar-refractivity contribution >= 4 is 17.7 Å². The molecule has 6 nitrogen and oxygen atoms in total. The average molecular weight is 579 g/mol. The fourth-order valence-corrected chi connectivity index (χ4v) is 5.40. The average Bonchev–Trinajstić information content (AvgIpc) is 3.24. The summed E-state index contributed by atoms with van der Waals surface area (Å²) in [5.74, 6) is -5.71. The largest absolute Gasteiger partial charge is 0.478 e. The standard InChI is InChI=1S/C29H24F6N2O4/c1-16-12-21(20-6-7-23(30)25(32)24(20)31)18(13-22(16)29(33,34)35)14-36-10-8-28(9-11-36)15-37(27(40)41-28)19-4-2-17(3-5-19)26(38)39/h2-7,12-13H,8-11,14-15H2,1H3,(H,38,39). The summed E-state index contributed by atoms with van der Waals surface area (Å²) in [6, 6.07) is 9.54. The van der Waals surface area contributed by atoms with E-state index in [1.54, 1.807) is 0 Å². The molecule has 41 heavy (non-hydrogen) atoms. The number of hydrogen-bond donors (Lipinski definition) is 1. The number of anilines is 1. The van der Waals surface area contributed by atoms with Crippen LogP contribution in [0.2, 0.25) is 0 Å². The van der Waals surface area contributed by atoms with Gasteiger partial charge in [0.15, 0.2) is 17.5 Å². The molecule has 0 atom stereocenters. The molecule has 12 heteroatoms. The molecule has 5 rings (SSSR count). The zero-order valence-corrected chi connectivity index (χ0v) is 21.7. The Labute approximate surface area is 230 Å². The normalized spacial score (nSPS) is 17.2. The van der Waals surface area contributed by atoms with Gasteiger partial charge in [0.05, 0.1) is 17.7 Å². The maximum Gasteiger partial charge on any atom is 0.416 e. The molecule has 2 heterocycles. The third-order valence-corrected chi connectivity index (χ3v) is 7.64. The number of ether oxygens (including phenoxy) is 1. The predicted molar refractivity (Wildman–Crippen MR) is 136 cm³/mol. The Bertz CT molecular complexity index is 1520. The van der Waals surface area contributed by atoms with E-state index in [9.17, 15) is 35.9 Å². The van der Waals surface area contributed by atoms with Crippen LogP contribution in [0.3, 0.4) is 0 Å². The number of nitrogens with zero attached hydrogens (tertiary/aromatic N) is 2. The molecular weight excluding hydrogens is 554 g/mol. The third kappa shape index (κ3) is 5.48. The zero-order valence-electron chi connectivity index (χ0n) is 21.7. The number of alkyl halides is 3. The minimum Gasteiger partial charge on any atom is -0.478 e. The van der Waals surface area contributed by atoms with Crippen LogP contribution in [0.5, 0.6) is 0 Å². The molecule has 216 valence electrons. The number of carbonyl (C=O) groups excluding carboxylic acids is 1. The molecular formula is C29H24F6N2O4. The highest BCUT2D eigenvalue weighted by molar-refractivity contribution is 5.92. The molecule has 2 aliphatic heterocycles. The summed E-state index contributed by atoms with van der Waals surface area (Å²) >= 11 is 0. The molecule has 2 saturated heterocycles. The molecule has 0 saturated carbocycles. The van der Waals surface area contributed by atoms with E-state index in [0.717, 1.165) is 24.3 Å². The Morgan fingerprint density at radius 3 is 2.24 bits per heavy atom. The monoisotopic (exact) mass is 578 g/mol. The van der Waals surface area contributed by atoms with Crippen LogP contribution in [-0.4, -0.2) is 47.3 Å². The molecule has 0 unspecified atom stereocenters. The van der Waals surface area contributed by atoms with Gasteiger partial charge in [0.1, 0.15) is 5.60 Å². The van der Waals surface area contributed by atoms with Gasteiger partial charge in [-0.2, -0.15) is 13.2 Å². The van der Waals surface area contributed by atoms with Gasteiger partial charge in [-0.1, -0.05) is 6.07 Å². The number of aryl methyl sites for hydroxylation is 1. The lowest BCUT2D eigenvalue weighted by Gasteiger charge is -2.37. The molecule has 3 aromatic rings. The first-order valence-corrected chi connectivity index (χ1v) is 12.7. The van der Waals surface area contributed by atoms with Crippen molar-refractivity contribution in [2.75, 3.05) is 24.5 Å². The van der Waals surface area contributed by atoms with E-state index >= 15 is 0 Å². The van der Waals surface area contributed by atoms with E-state index in [-0.39, 0.29) is 40.9 Å². The second-order valence-electron chi connectivity index (χ2n) is 10.3. The maximum atomic E-state index is 14.7. The van der Waals surface area contributed by atoms with Gasteiger partial charge < -0.3 is 9.84 Å². The highest BCUT2D eigenvalue weighted by Gasteiger charge is 2.47. The number of piperidine rings is 1. The summed E-state index contributed by atoms with van der Waals surface area (Å²) in [5, 5.41) is 9.09. The molecule has 2 fully saturated rings. The topological polar surface area (TPSA) is 70.1 Å². The highest BCUT2D eigenvalue weighted by Crippen LogP contribution is 2.40. The Morgan fingerprint density at radius 1 is 0.976 bits per heavy atom. The summed E-state index contributed by atoms with van der Waals surface area (Å²) in [6.07, 6.45) is -4.56. The van der Waals surface area contributed by atoms with Gasteiger partial charge in [0.2, 0.25) is 0 Å². The number of aromatic carboxylic acids is 1. The SMILES string of the molecule is Cc1cc(-c2ccc(F)c(F)c2F)c(CN2CCC3(CC2)CN(c2ccc(C(=O)O)cc2)C(=O)O3)cc1C(F)(F)F. The van der Waals surface area contributed by atoms with E-state index in [2.05, 4.69) is 0 Å². The lowest BCUT2D eigenvalue weighted by atomic mass is 9.89. The van der Waals surface area contributed by atoms with Crippen LogP contribution in [0, 0.1) is 24.4 Å². The van der Waals surface area contributed by atoms with Crippen molar-refractivity contribution in [1.82, 2.24) is 4.90 Å².